The number of methoxy groups -OCH3 is 2. The van der Waals surface area contributed by atoms with Gasteiger partial charge in [0, 0.05) is 20.6 Å². The van der Waals surface area contributed by atoms with E-state index in [0.29, 0.717) is 96.9 Å². The number of ketones is 1. The van der Waals surface area contributed by atoms with Crippen molar-refractivity contribution >= 4 is 11.8 Å². The Morgan fingerprint density at radius 1 is 0.623 bits per heavy atom. The second-order valence-electron chi connectivity index (χ2n) is 15.5. The standard InChI is InChI=1S/C24H38O6.C16H25NO2.C7H14O5/c1-27-13-14-28-15-16-29-19-22(25)10-6-12-24(26)21-9-5-11-23(17-21)30-18-20-7-3-2-4-8-20;17-10-9-16(18)14-7-4-8-15(11-14)19-12-13-5-2-1-3-6-13;1-10-2-3-11-4-5-12-6-7(8)9/h5,9,11,17,20,24,26H,2-4,6-8,10,12-16,18-19H2,1H3;4,7-8,11,13,16,18H,1-3,5-6,9-10,12,17H2;2-6H2,1H3,(H,8,9). The Kier molecular flexibility index (Phi) is 32.1. The molecule has 0 amide bonds. The lowest BCUT2D eigenvalue weighted by Gasteiger charge is -2.22. The Morgan fingerprint density at radius 2 is 1.07 bits per heavy atom. The summed E-state index contributed by atoms with van der Waals surface area (Å²) in [5.74, 6) is 2.10. The summed E-state index contributed by atoms with van der Waals surface area (Å²) in [6, 6.07) is 15.4. The molecule has 2 unspecified atom stereocenters. The van der Waals surface area contributed by atoms with Gasteiger partial charge in [0.15, 0.2) is 5.78 Å². The second kappa shape index (κ2) is 36.3. The molecule has 14 heteroatoms. The summed E-state index contributed by atoms with van der Waals surface area (Å²) >= 11 is 0. The smallest absolute Gasteiger partial charge is 0.329 e. The number of carbonyl (C=O) groups is 2. The molecule has 0 bridgehead atoms. The number of Topliss-reactive ketones (excluding diaryl/α,β-unsaturated/α-hetero) is 1. The van der Waals surface area contributed by atoms with Crippen molar-refractivity contribution in [2.75, 3.05) is 100 Å². The van der Waals surface area contributed by atoms with Crippen LogP contribution >= 0.6 is 0 Å². The molecule has 14 nitrogen and oxygen atoms in total. The van der Waals surface area contributed by atoms with Crippen molar-refractivity contribution in [1.29, 1.82) is 0 Å². The molecule has 2 saturated carbocycles. The Labute approximate surface area is 364 Å². The van der Waals surface area contributed by atoms with Crippen LogP contribution in [0.25, 0.3) is 0 Å². The molecule has 2 aromatic carbocycles. The highest BCUT2D eigenvalue weighted by atomic mass is 16.6. The van der Waals surface area contributed by atoms with Gasteiger partial charge in [-0.2, -0.15) is 0 Å². The lowest BCUT2D eigenvalue weighted by atomic mass is 9.90. The molecule has 2 atom stereocenters. The number of ether oxygens (including phenoxy) is 8. The predicted molar refractivity (Wildman–Crippen MR) is 234 cm³/mol. The van der Waals surface area contributed by atoms with E-state index in [1.54, 1.807) is 14.2 Å². The fourth-order valence-corrected chi connectivity index (χ4v) is 6.88. The molecule has 4 rings (SSSR count). The molecule has 2 aliphatic carbocycles. The molecule has 348 valence electrons. The molecule has 0 radical (unpaired) electrons. The number of rotatable bonds is 30. The third kappa shape index (κ3) is 28.2. The number of aliphatic carboxylic acids is 1. The zero-order valence-corrected chi connectivity index (χ0v) is 37.0. The maximum atomic E-state index is 11.9. The highest BCUT2D eigenvalue weighted by molar-refractivity contribution is 5.79. The molecule has 0 saturated heterocycles. The van der Waals surface area contributed by atoms with Gasteiger partial charge in [0.2, 0.25) is 0 Å². The van der Waals surface area contributed by atoms with Crippen LogP contribution in [0.4, 0.5) is 0 Å². The summed E-state index contributed by atoms with van der Waals surface area (Å²) in [5.41, 5.74) is 7.21. The molecule has 2 fully saturated rings. The quantitative estimate of drug-likeness (QED) is 0.0594. The van der Waals surface area contributed by atoms with Crippen molar-refractivity contribution in [3.05, 3.63) is 59.7 Å². The van der Waals surface area contributed by atoms with Gasteiger partial charge in [-0.1, -0.05) is 62.8 Å². The van der Waals surface area contributed by atoms with Gasteiger partial charge in [-0.25, -0.2) is 4.79 Å². The summed E-state index contributed by atoms with van der Waals surface area (Å²) in [5, 5.41) is 28.6. The first-order valence-corrected chi connectivity index (χ1v) is 22.3. The third-order valence-electron chi connectivity index (χ3n) is 10.4. The van der Waals surface area contributed by atoms with Crippen LogP contribution in [0.3, 0.4) is 0 Å². The van der Waals surface area contributed by atoms with Crippen molar-refractivity contribution in [1.82, 2.24) is 0 Å². The monoisotopic (exact) mass is 864 g/mol. The number of aliphatic hydroxyl groups excluding tert-OH is 2. The number of hydrogen-bond donors (Lipinski definition) is 4. The van der Waals surface area contributed by atoms with Crippen LogP contribution in [0.2, 0.25) is 0 Å². The van der Waals surface area contributed by atoms with E-state index in [4.69, 9.17) is 48.7 Å². The summed E-state index contributed by atoms with van der Waals surface area (Å²) in [6.07, 6.45) is 14.2. The normalized spacial score (nSPS) is 15.4. The largest absolute Gasteiger partial charge is 0.493 e. The zero-order valence-electron chi connectivity index (χ0n) is 37.0. The van der Waals surface area contributed by atoms with Gasteiger partial charge in [-0.3, -0.25) is 4.79 Å². The summed E-state index contributed by atoms with van der Waals surface area (Å²) in [4.78, 5) is 21.8. The van der Waals surface area contributed by atoms with Crippen molar-refractivity contribution in [2.24, 2.45) is 17.6 Å². The van der Waals surface area contributed by atoms with Crippen LogP contribution in [0, 0.1) is 11.8 Å². The number of carboxylic acid groups (broad SMARTS) is 1. The van der Waals surface area contributed by atoms with Gasteiger partial charge in [-0.05, 0) is 98.7 Å². The first-order chi connectivity index (χ1) is 29.7. The Bertz CT molecular complexity index is 1370. The minimum Gasteiger partial charge on any atom is -0.493 e. The van der Waals surface area contributed by atoms with E-state index in [0.717, 1.165) is 35.8 Å². The van der Waals surface area contributed by atoms with E-state index in [2.05, 4.69) is 0 Å². The van der Waals surface area contributed by atoms with E-state index >= 15 is 0 Å². The van der Waals surface area contributed by atoms with Gasteiger partial charge < -0.3 is 58.9 Å². The molecule has 2 aliphatic rings. The number of carbonyl (C=O) groups excluding carboxylic acids is 1. The maximum Gasteiger partial charge on any atom is 0.329 e. The molecule has 0 heterocycles. The van der Waals surface area contributed by atoms with E-state index in [1.165, 1.54) is 64.2 Å². The van der Waals surface area contributed by atoms with Gasteiger partial charge >= 0.3 is 5.97 Å². The van der Waals surface area contributed by atoms with Gasteiger partial charge in [-0.15, -0.1) is 0 Å². The molecular weight excluding hydrogens is 787 g/mol. The Hall–Kier alpha value is -3.18. The lowest BCUT2D eigenvalue weighted by molar-refractivity contribution is -0.142. The first kappa shape index (κ1) is 54.0. The average Bonchev–Trinajstić information content (AvgIpc) is 3.28. The number of hydrogen-bond acceptors (Lipinski definition) is 13. The number of carboxylic acids is 1. The van der Waals surface area contributed by atoms with E-state index < -0.39 is 18.2 Å². The van der Waals surface area contributed by atoms with Gasteiger partial charge in [0.25, 0.3) is 0 Å². The van der Waals surface area contributed by atoms with E-state index in [9.17, 15) is 19.8 Å². The highest BCUT2D eigenvalue weighted by Crippen LogP contribution is 2.28. The average molecular weight is 864 g/mol. The summed E-state index contributed by atoms with van der Waals surface area (Å²) in [6.45, 7) is 5.55. The van der Waals surface area contributed by atoms with Crippen molar-refractivity contribution in [2.45, 2.75) is 102 Å². The maximum absolute atomic E-state index is 11.9. The number of benzene rings is 2. The number of nitrogens with two attached hydrogens (primary N) is 1. The van der Waals surface area contributed by atoms with Crippen LogP contribution in [-0.4, -0.2) is 127 Å². The molecule has 5 N–H and O–H groups in total. The van der Waals surface area contributed by atoms with Crippen molar-refractivity contribution < 1.29 is 62.8 Å². The van der Waals surface area contributed by atoms with Gasteiger partial charge in [0.05, 0.1) is 78.3 Å². The second-order valence-corrected chi connectivity index (χ2v) is 15.5. The fourth-order valence-electron chi connectivity index (χ4n) is 6.88. The zero-order chi connectivity index (χ0) is 44.2. The molecule has 0 aliphatic heterocycles. The third-order valence-corrected chi connectivity index (χ3v) is 10.4. The van der Waals surface area contributed by atoms with Crippen LogP contribution in [-0.2, 0) is 38.0 Å². The molecule has 61 heavy (non-hydrogen) atoms. The first-order valence-electron chi connectivity index (χ1n) is 22.3. The minimum absolute atomic E-state index is 0.0451. The predicted octanol–water partition coefficient (Wildman–Crippen LogP) is 6.88. The molecule has 0 aromatic heterocycles. The highest BCUT2D eigenvalue weighted by Gasteiger charge is 2.16. The molecule has 2 aromatic rings. The van der Waals surface area contributed by atoms with Crippen LogP contribution < -0.4 is 15.2 Å². The fraction of sp³-hybridized carbons (Fsp3) is 0.702. The van der Waals surface area contributed by atoms with Crippen LogP contribution in [0.15, 0.2) is 48.5 Å². The summed E-state index contributed by atoms with van der Waals surface area (Å²) in [7, 11) is 3.21. The molecular formula is C47H77NO13. The molecule has 0 spiro atoms. The summed E-state index contributed by atoms with van der Waals surface area (Å²) < 4.78 is 41.8. The van der Waals surface area contributed by atoms with Crippen molar-refractivity contribution in [3.63, 3.8) is 0 Å². The Morgan fingerprint density at radius 3 is 1.52 bits per heavy atom. The van der Waals surface area contributed by atoms with Crippen molar-refractivity contribution in [3.8, 4) is 11.5 Å². The SMILES string of the molecule is COCCOCCOCC(=O)CCCC(O)c1cccc(OCC2CCCCC2)c1.COCCOCCOCC(=O)O.NCCC(O)c1cccc(OCC2CCCCC2)c1. The van der Waals surface area contributed by atoms with E-state index in [-0.39, 0.29) is 19.0 Å². The topological polar surface area (TPSA) is 195 Å². The lowest BCUT2D eigenvalue weighted by Crippen LogP contribution is -2.15. The van der Waals surface area contributed by atoms with E-state index in [1.807, 2.05) is 48.5 Å². The van der Waals surface area contributed by atoms with Crippen LogP contribution in [0.1, 0.15) is 113 Å². The Balaban J connectivity index is 0.000000351. The van der Waals surface area contributed by atoms with Crippen LogP contribution in [0.5, 0.6) is 11.5 Å². The minimum atomic E-state index is -0.966. The van der Waals surface area contributed by atoms with Gasteiger partial charge in [0.1, 0.15) is 24.7 Å². The number of aliphatic hydroxyl groups is 2.